The molecule has 0 radical (unpaired) electrons. The molecule has 1 aliphatic heterocycles. The van der Waals surface area contributed by atoms with Crippen molar-refractivity contribution in [3.8, 4) is 0 Å². The molecule has 2 rings (SSSR count). The Bertz CT molecular complexity index is 434. The largest absolute Gasteiger partial charge is 0.357 e. The van der Waals surface area contributed by atoms with E-state index in [-0.39, 0.29) is 0 Å². The lowest BCUT2D eigenvalue weighted by molar-refractivity contribution is 0.479. The van der Waals surface area contributed by atoms with Gasteiger partial charge in [0.05, 0.1) is 6.54 Å². The number of guanidine groups is 1. The molecule has 0 atom stereocenters. The third-order valence-corrected chi connectivity index (χ3v) is 3.44. The van der Waals surface area contributed by atoms with Crippen LogP contribution in [0.5, 0.6) is 0 Å². The number of aromatic nitrogens is 1. The number of hydrogen-bond donors (Lipinski definition) is 0. The summed E-state index contributed by atoms with van der Waals surface area (Å²) >= 11 is 0. The van der Waals surface area contributed by atoms with Crippen molar-refractivity contribution in [3.63, 3.8) is 0 Å². The van der Waals surface area contributed by atoms with Crippen molar-refractivity contribution in [1.29, 1.82) is 0 Å². The van der Waals surface area contributed by atoms with Crippen LogP contribution < -0.4 is 4.90 Å². The van der Waals surface area contributed by atoms with Crippen LogP contribution in [0.4, 0.5) is 5.82 Å². The number of nitrogens with zero attached hydrogens (tertiary/aromatic N) is 5. The van der Waals surface area contributed by atoms with E-state index in [0.29, 0.717) is 6.54 Å². The summed E-state index contributed by atoms with van der Waals surface area (Å²) in [6.45, 7) is 2.94. The minimum absolute atomic E-state index is 0.666. The lowest BCUT2D eigenvalue weighted by atomic mass is 10.3. The van der Waals surface area contributed by atoms with Crippen molar-refractivity contribution < 1.29 is 0 Å². The van der Waals surface area contributed by atoms with Crippen LogP contribution >= 0.6 is 0 Å². The molecule has 0 N–H and O–H groups in total. The second kappa shape index (κ2) is 6.59. The molecule has 110 valence electrons. The highest BCUT2D eigenvalue weighted by molar-refractivity contribution is 5.79. The maximum Gasteiger partial charge on any atom is 0.195 e. The van der Waals surface area contributed by atoms with Crippen LogP contribution in [0, 0.1) is 0 Å². The zero-order valence-corrected chi connectivity index (χ0v) is 13.0. The summed E-state index contributed by atoms with van der Waals surface area (Å²) in [5.41, 5.74) is 1.15. The van der Waals surface area contributed by atoms with Gasteiger partial charge in [0.1, 0.15) is 5.82 Å². The van der Waals surface area contributed by atoms with E-state index in [0.717, 1.165) is 30.4 Å². The summed E-state index contributed by atoms with van der Waals surface area (Å²) in [7, 11) is 8.03. The van der Waals surface area contributed by atoms with E-state index in [1.807, 2.05) is 44.2 Å². The average molecular weight is 275 g/mol. The van der Waals surface area contributed by atoms with Gasteiger partial charge >= 0.3 is 0 Å². The summed E-state index contributed by atoms with van der Waals surface area (Å²) in [5, 5.41) is 0. The van der Waals surface area contributed by atoms with Crippen molar-refractivity contribution in [2.75, 3.05) is 46.2 Å². The molecule has 1 aliphatic rings. The van der Waals surface area contributed by atoms with Crippen LogP contribution in [0.3, 0.4) is 0 Å². The number of aliphatic imine (C=N–C) groups is 1. The quantitative estimate of drug-likeness (QED) is 0.621. The number of anilines is 1. The molecular formula is C15H25N5. The van der Waals surface area contributed by atoms with Crippen molar-refractivity contribution in [2.45, 2.75) is 19.4 Å². The van der Waals surface area contributed by atoms with Crippen molar-refractivity contribution in [3.05, 3.63) is 23.9 Å². The second-order valence-electron chi connectivity index (χ2n) is 5.62. The van der Waals surface area contributed by atoms with Crippen molar-refractivity contribution in [2.24, 2.45) is 4.99 Å². The van der Waals surface area contributed by atoms with Crippen LogP contribution in [0.2, 0.25) is 0 Å². The minimum atomic E-state index is 0.666. The van der Waals surface area contributed by atoms with E-state index in [4.69, 9.17) is 0 Å². The zero-order chi connectivity index (χ0) is 14.5. The van der Waals surface area contributed by atoms with Gasteiger partial charge in [0.2, 0.25) is 0 Å². The van der Waals surface area contributed by atoms with Gasteiger partial charge in [-0.2, -0.15) is 0 Å². The van der Waals surface area contributed by atoms with Gasteiger partial charge in [0, 0.05) is 47.5 Å². The van der Waals surface area contributed by atoms with Gasteiger partial charge in [0.15, 0.2) is 5.96 Å². The highest BCUT2D eigenvalue weighted by Crippen LogP contribution is 2.17. The van der Waals surface area contributed by atoms with Gasteiger partial charge in [-0.25, -0.2) is 9.98 Å². The van der Waals surface area contributed by atoms with Crippen LogP contribution in [0.1, 0.15) is 18.4 Å². The second-order valence-corrected chi connectivity index (χ2v) is 5.62. The Morgan fingerprint density at radius 1 is 1.15 bits per heavy atom. The van der Waals surface area contributed by atoms with E-state index in [2.05, 4.69) is 27.0 Å². The first-order valence-electron chi connectivity index (χ1n) is 7.17. The maximum absolute atomic E-state index is 4.64. The lowest BCUT2D eigenvalue weighted by Gasteiger charge is -2.22. The van der Waals surface area contributed by atoms with Gasteiger partial charge in [0.25, 0.3) is 0 Å². The summed E-state index contributed by atoms with van der Waals surface area (Å²) < 4.78 is 0. The predicted octanol–water partition coefficient (Wildman–Crippen LogP) is 1.66. The molecule has 5 nitrogen and oxygen atoms in total. The molecule has 0 spiro atoms. The molecule has 2 heterocycles. The number of hydrogen-bond acceptors (Lipinski definition) is 3. The fourth-order valence-electron chi connectivity index (χ4n) is 2.49. The molecule has 0 aromatic carbocycles. The highest BCUT2D eigenvalue weighted by Gasteiger charge is 2.12. The Morgan fingerprint density at radius 3 is 2.30 bits per heavy atom. The van der Waals surface area contributed by atoms with E-state index in [9.17, 15) is 0 Å². The van der Waals surface area contributed by atoms with E-state index >= 15 is 0 Å². The molecule has 0 unspecified atom stereocenters. The molecule has 5 heteroatoms. The smallest absolute Gasteiger partial charge is 0.195 e. The monoisotopic (exact) mass is 275 g/mol. The molecule has 1 aromatic heterocycles. The minimum Gasteiger partial charge on any atom is -0.357 e. The Kier molecular flexibility index (Phi) is 4.82. The molecule has 0 amide bonds. The standard InChI is InChI=1S/C15H25N5/c1-18(2)15(19(3)4)17-12-13-7-8-14(16-11-13)20-9-5-6-10-20/h7-8,11H,5-6,9-10,12H2,1-4H3. The summed E-state index contributed by atoms with van der Waals surface area (Å²) in [5.74, 6) is 2.06. The Hall–Kier alpha value is -1.78. The Labute approximate surface area is 121 Å². The topological polar surface area (TPSA) is 35.0 Å². The maximum atomic E-state index is 4.64. The third kappa shape index (κ3) is 3.62. The molecule has 1 saturated heterocycles. The fourth-order valence-corrected chi connectivity index (χ4v) is 2.49. The molecule has 20 heavy (non-hydrogen) atoms. The van der Waals surface area contributed by atoms with Crippen LogP contribution in [0.25, 0.3) is 0 Å². The van der Waals surface area contributed by atoms with Crippen molar-refractivity contribution in [1.82, 2.24) is 14.8 Å². The van der Waals surface area contributed by atoms with Gasteiger partial charge in [-0.1, -0.05) is 6.07 Å². The molecule has 0 bridgehead atoms. The summed E-state index contributed by atoms with van der Waals surface area (Å²) in [4.78, 5) is 15.6. The van der Waals surface area contributed by atoms with Gasteiger partial charge in [-0.05, 0) is 24.5 Å². The Balaban J connectivity index is 2.01. The number of rotatable bonds is 3. The van der Waals surface area contributed by atoms with Gasteiger partial charge in [-0.3, -0.25) is 0 Å². The molecule has 1 fully saturated rings. The first-order chi connectivity index (χ1) is 9.58. The van der Waals surface area contributed by atoms with Crippen molar-refractivity contribution >= 4 is 11.8 Å². The SMILES string of the molecule is CN(C)C(=NCc1ccc(N2CCCC2)nc1)N(C)C. The van der Waals surface area contributed by atoms with Crippen LogP contribution in [-0.2, 0) is 6.54 Å². The lowest BCUT2D eigenvalue weighted by Crippen LogP contribution is -2.35. The molecule has 1 aromatic rings. The first-order valence-corrected chi connectivity index (χ1v) is 7.17. The fraction of sp³-hybridized carbons (Fsp3) is 0.600. The van der Waals surface area contributed by atoms with E-state index < -0.39 is 0 Å². The van der Waals surface area contributed by atoms with Gasteiger partial charge in [-0.15, -0.1) is 0 Å². The normalized spacial score (nSPS) is 14.3. The molecule has 0 aliphatic carbocycles. The molecular weight excluding hydrogens is 250 g/mol. The van der Waals surface area contributed by atoms with E-state index in [1.54, 1.807) is 0 Å². The van der Waals surface area contributed by atoms with E-state index in [1.165, 1.54) is 12.8 Å². The Morgan fingerprint density at radius 2 is 1.80 bits per heavy atom. The average Bonchev–Trinajstić information content (AvgIpc) is 2.92. The summed E-state index contributed by atoms with van der Waals surface area (Å²) in [6, 6.07) is 4.24. The molecule has 0 saturated carbocycles. The number of pyridine rings is 1. The van der Waals surface area contributed by atoms with Crippen LogP contribution in [0.15, 0.2) is 23.3 Å². The third-order valence-electron chi connectivity index (χ3n) is 3.44. The predicted molar refractivity (Wildman–Crippen MR) is 84.2 cm³/mol. The highest BCUT2D eigenvalue weighted by atomic mass is 15.3. The summed E-state index contributed by atoms with van der Waals surface area (Å²) in [6.07, 6.45) is 4.51. The first kappa shape index (κ1) is 14.6. The zero-order valence-electron chi connectivity index (χ0n) is 13.0. The van der Waals surface area contributed by atoms with Gasteiger partial charge < -0.3 is 14.7 Å². The van der Waals surface area contributed by atoms with Crippen LogP contribution in [-0.4, -0.2) is 62.0 Å².